The maximum Gasteiger partial charge on any atom is 0.270 e. The first-order valence-electron chi connectivity index (χ1n) is 11.0. The molecule has 2 aliphatic rings. The number of anilines is 1. The number of rotatable bonds is 6. The molecule has 3 rings (SSSR count). The SMILES string of the molecule is CCCn1c(N2CCCCC2)c(C=C2SC(=S)N(C(C)CC)C2=O)c(C)c(C#N)c1=O. The van der Waals surface area contributed by atoms with E-state index in [0.29, 0.717) is 21.3 Å². The molecule has 1 aromatic rings. The van der Waals surface area contributed by atoms with Gasteiger partial charge in [-0.25, -0.2) is 0 Å². The lowest BCUT2D eigenvalue weighted by molar-refractivity contribution is -0.123. The molecule has 0 aromatic carbocycles. The smallest absolute Gasteiger partial charge is 0.270 e. The van der Waals surface area contributed by atoms with E-state index in [2.05, 4.69) is 11.0 Å². The zero-order valence-electron chi connectivity index (χ0n) is 18.7. The Hall–Kier alpha value is -2.11. The van der Waals surface area contributed by atoms with Crippen LogP contribution < -0.4 is 10.5 Å². The van der Waals surface area contributed by atoms with Gasteiger partial charge < -0.3 is 4.90 Å². The van der Waals surface area contributed by atoms with Crippen molar-refractivity contribution in [2.45, 2.75) is 72.4 Å². The maximum absolute atomic E-state index is 13.2. The van der Waals surface area contributed by atoms with Crippen molar-refractivity contribution in [2.24, 2.45) is 0 Å². The second-order valence-corrected chi connectivity index (χ2v) is 9.84. The predicted octanol–water partition coefficient (Wildman–Crippen LogP) is 4.43. The van der Waals surface area contributed by atoms with Crippen molar-refractivity contribution in [1.82, 2.24) is 9.47 Å². The summed E-state index contributed by atoms with van der Waals surface area (Å²) in [6.07, 6.45) is 6.76. The van der Waals surface area contributed by atoms with Gasteiger partial charge in [-0.1, -0.05) is 37.8 Å². The number of carbonyl (C=O) groups is 1. The summed E-state index contributed by atoms with van der Waals surface area (Å²) in [5, 5.41) is 9.72. The molecule has 0 aliphatic carbocycles. The summed E-state index contributed by atoms with van der Waals surface area (Å²) in [4.78, 5) is 30.8. The summed E-state index contributed by atoms with van der Waals surface area (Å²) in [7, 11) is 0. The van der Waals surface area contributed by atoms with Crippen LogP contribution in [0.25, 0.3) is 6.08 Å². The highest BCUT2D eigenvalue weighted by Gasteiger charge is 2.35. The Balaban J connectivity index is 2.23. The quantitative estimate of drug-likeness (QED) is 0.464. The molecule has 0 saturated carbocycles. The van der Waals surface area contributed by atoms with Crippen molar-refractivity contribution in [1.29, 1.82) is 5.26 Å². The van der Waals surface area contributed by atoms with E-state index in [-0.39, 0.29) is 23.1 Å². The lowest BCUT2D eigenvalue weighted by atomic mass is 10.0. The molecule has 2 saturated heterocycles. The second-order valence-electron chi connectivity index (χ2n) is 8.16. The molecule has 2 aliphatic heterocycles. The van der Waals surface area contributed by atoms with Crippen LogP contribution in [-0.2, 0) is 11.3 Å². The van der Waals surface area contributed by atoms with Crippen LogP contribution in [0.4, 0.5) is 5.82 Å². The summed E-state index contributed by atoms with van der Waals surface area (Å²) in [5.41, 5.74) is 1.33. The molecule has 0 bridgehead atoms. The molecule has 1 unspecified atom stereocenters. The molecule has 166 valence electrons. The van der Waals surface area contributed by atoms with Crippen LogP contribution in [0, 0.1) is 18.3 Å². The van der Waals surface area contributed by atoms with Gasteiger partial charge in [0, 0.05) is 31.2 Å². The van der Waals surface area contributed by atoms with Crippen molar-refractivity contribution in [3.63, 3.8) is 0 Å². The zero-order valence-corrected chi connectivity index (χ0v) is 20.4. The number of nitrogens with zero attached hydrogens (tertiary/aromatic N) is 4. The number of thiocarbonyl (C=S) groups is 1. The van der Waals surface area contributed by atoms with E-state index in [0.717, 1.165) is 50.2 Å². The summed E-state index contributed by atoms with van der Waals surface area (Å²) >= 11 is 6.79. The molecular formula is C23H30N4O2S2. The lowest BCUT2D eigenvalue weighted by Gasteiger charge is -2.33. The van der Waals surface area contributed by atoms with Gasteiger partial charge in [-0.2, -0.15) is 5.26 Å². The van der Waals surface area contributed by atoms with Crippen LogP contribution >= 0.6 is 24.0 Å². The number of thioether (sulfide) groups is 1. The topological polar surface area (TPSA) is 69.3 Å². The Morgan fingerprint density at radius 2 is 1.90 bits per heavy atom. The summed E-state index contributed by atoms with van der Waals surface area (Å²) in [6.45, 7) is 10.1. The summed E-state index contributed by atoms with van der Waals surface area (Å²) < 4.78 is 2.29. The van der Waals surface area contributed by atoms with E-state index in [9.17, 15) is 14.9 Å². The summed E-state index contributed by atoms with van der Waals surface area (Å²) in [5.74, 6) is 0.733. The third-order valence-electron chi connectivity index (χ3n) is 6.08. The molecule has 1 amide bonds. The average molecular weight is 459 g/mol. The Morgan fingerprint density at radius 3 is 2.48 bits per heavy atom. The second kappa shape index (κ2) is 10.0. The number of carbonyl (C=O) groups excluding carboxylic acids is 1. The van der Waals surface area contributed by atoms with E-state index in [4.69, 9.17) is 12.2 Å². The number of amides is 1. The van der Waals surface area contributed by atoms with Crippen LogP contribution in [0.5, 0.6) is 0 Å². The predicted molar refractivity (Wildman–Crippen MR) is 131 cm³/mol. The number of nitriles is 1. The molecule has 2 fully saturated rings. The van der Waals surface area contributed by atoms with Crippen LogP contribution in [-0.4, -0.2) is 38.8 Å². The van der Waals surface area contributed by atoms with Crippen molar-refractivity contribution >= 4 is 46.1 Å². The molecule has 3 heterocycles. The summed E-state index contributed by atoms with van der Waals surface area (Å²) in [6, 6.07) is 2.14. The molecule has 1 aromatic heterocycles. The van der Waals surface area contributed by atoms with Crippen LogP contribution in [0.15, 0.2) is 9.70 Å². The monoisotopic (exact) mass is 458 g/mol. The minimum absolute atomic E-state index is 0.0322. The molecule has 0 N–H and O–H groups in total. The van der Waals surface area contributed by atoms with E-state index in [1.807, 2.05) is 33.8 Å². The van der Waals surface area contributed by atoms with Crippen molar-refractivity contribution in [2.75, 3.05) is 18.0 Å². The largest absolute Gasteiger partial charge is 0.357 e. The third-order valence-corrected chi connectivity index (χ3v) is 7.41. The van der Waals surface area contributed by atoms with Gasteiger partial charge in [-0.05, 0) is 57.6 Å². The first kappa shape index (κ1) is 23.6. The third kappa shape index (κ3) is 4.44. The van der Waals surface area contributed by atoms with Gasteiger partial charge in [-0.3, -0.25) is 19.1 Å². The molecule has 31 heavy (non-hydrogen) atoms. The highest BCUT2D eigenvalue weighted by Crippen LogP contribution is 2.37. The zero-order chi connectivity index (χ0) is 22.7. The maximum atomic E-state index is 13.2. The molecular weight excluding hydrogens is 428 g/mol. The fourth-order valence-corrected chi connectivity index (χ4v) is 5.64. The van der Waals surface area contributed by atoms with E-state index >= 15 is 0 Å². The Bertz CT molecular complexity index is 1020. The molecule has 0 spiro atoms. The highest BCUT2D eigenvalue weighted by molar-refractivity contribution is 8.26. The highest BCUT2D eigenvalue weighted by atomic mass is 32.2. The number of piperidine rings is 1. The Labute approximate surface area is 193 Å². The minimum Gasteiger partial charge on any atom is -0.357 e. The van der Waals surface area contributed by atoms with Gasteiger partial charge in [0.15, 0.2) is 0 Å². The fourth-order valence-electron chi connectivity index (χ4n) is 4.20. The number of aromatic nitrogens is 1. The molecule has 8 heteroatoms. The molecule has 6 nitrogen and oxygen atoms in total. The van der Waals surface area contributed by atoms with Gasteiger partial charge in [0.2, 0.25) is 0 Å². The number of hydrogen-bond acceptors (Lipinski definition) is 6. The lowest BCUT2D eigenvalue weighted by Crippen LogP contribution is -2.37. The molecule has 0 radical (unpaired) electrons. The normalized spacial score (nSPS) is 19.3. The minimum atomic E-state index is -0.244. The van der Waals surface area contributed by atoms with Crippen molar-refractivity contribution in [3.05, 3.63) is 31.9 Å². The van der Waals surface area contributed by atoms with E-state index in [1.54, 1.807) is 9.47 Å². The number of pyridine rings is 1. The fraction of sp³-hybridized carbons (Fsp3) is 0.565. The average Bonchev–Trinajstić information content (AvgIpc) is 3.05. The van der Waals surface area contributed by atoms with Crippen LogP contribution in [0.1, 0.15) is 69.6 Å². The van der Waals surface area contributed by atoms with Gasteiger partial charge in [-0.15, -0.1) is 0 Å². The van der Waals surface area contributed by atoms with Gasteiger partial charge >= 0.3 is 0 Å². The van der Waals surface area contributed by atoms with Gasteiger partial charge in [0.1, 0.15) is 21.8 Å². The Kier molecular flexibility index (Phi) is 7.60. The molecule has 1 atom stereocenters. The van der Waals surface area contributed by atoms with Crippen molar-refractivity contribution in [3.8, 4) is 6.07 Å². The first-order valence-corrected chi connectivity index (χ1v) is 12.3. The first-order chi connectivity index (χ1) is 14.8. The Morgan fingerprint density at radius 1 is 1.23 bits per heavy atom. The van der Waals surface area contributed by atoms with E-state index in [1.165, 1.54) is 18.2 Å². The number of hydrogen-bond donors (Lipinski definition) is 0. The standard InChI is InChI=1S/C23H30N4O2S2/c1-5-10-26-20(25-11-8-7-9-12-25)17(16(4)18(14-24)21(26)28)13-19-22(29)27(15(3)6-2)23(30)31-19/h13,15H,5-12H2,1-4H3. The van der Waals surface area contributed by atoms with E-state index < -0.39 is 0 Å². The van der Waals surface area contributed by atoms with Crippen LogP contribution in [0.2, 0.25) is 0 Å². The van der Waals surface area contributed by atoms with Crippen LogP contribution in [0.3, 0.4) is 0 Å². The van der Waals surface area contributed by atoms with Crippen molar-refractivity contribution < 1.29 is 4.79 Å². The van der Waals surface area contributed by atoms with Gasteiger partial charge in [0.25, 0.3) is 11.5 Å². The van der Waals surface area contributed by atoms with Gasteiger partial charge in [0.05, 0.1) is 4.91 Å².